The Morgan fingerprint density at radius 3 is 2.40 bits per heavy atom. The second-order valence-electron chi connectivity index (χ2n) is 4.32. The van der Waals surface area contributed by atoms with E-state index < -0.39 is 10.0 Å². The van der Waals surface area contributed by atoms with Crippen LogP contribution in [0.3, 0.4) is 0 Å². The molecule has 0 saturated heterocycles. The van der Waals surface area contributed by atoms with E-state index in [1.54, 1.807) is 37.3 Å². The fourth-order valence-corrected chi connectivity index (χ4v) is 2.99. The number of hydrogen-bond acceptors (Lipinski definition) is 3. The molecule has 0 unspecified atom stereocenters. The maximum absolute atomic E-state index is 12.2. The highest BCUT2D eigenvalue weighted by Gasteiger charge is 2.15. The van der Waals surface area contributed by atoms with Crippen molar-refractivity contribution in [2.75, 3.05) is 4.72 Å². The molecule has 2 aromatic rings. The van der Waals surface area contributed by atoms with Crippen molar-refractivity contribution in [3.05, 3.63) is 58.6 Å². The molecular formula is C14H14ClNO3S. The zero-order chi connectivity index (χ0) is 14.8. The molecule has 6 heteroatoms. The van der Waals surface area contributed by atoms with Gasteiger partial charge in [0.2, 0.25) is 0 Å². The third-order valence-corrected chi connectivity index (χ3v) is 4.72. The van der Waals surface area contributed by atoms with Crippen LogP contribution in [0, 0.1) is 6.92 Å². The van der Waals surface area contributed by atoms with Gasteiger partial charge in [-0.2, -0.15) is 0 Å². The molecule has 20 heavy (non-hydrogen) atoms. The van der Waals surface area contributed by atoms with Crippen molar-refractivity contribution in [1.82, 2.24) is 0 Å². The molecule has 0 aliphatic carbocycles. The molecule has 0 fully saturated rings. The van der Waals surface area contributed by atoms with Crippen molar-refractivity contribution in [3.63, 3.8) is 0 Å². The summed E-state index contributed by atoms with van der Waals surface area (Å²) >= 11 is 5.97. The van der Waals surface area contributed by atoms with Gasteiger partial charge in [-0.25, -0.2) is 8.42 Å². The number of aliphatic hydroxyl groups is 1. The molecule has 2 N–H and O–H groups in total. The van der Waals surface area contributed by atoms with Gasteiger partial charge < -0.3 is 5.11 Å². The van der Waals surface area contributed by atoms with E-state index in [0.29, 0.717) is 21.8 Å². The molecule has 0 aliphatic rings. The zero-order valence-electron chi connectivity index (χ0n) is 10.8. The summed E-state index contributed by atoms with van der Waals surface area (Å²) in [6, 6.07) is 11.1. The Balaban J connectivity index is 2.33. The summed E-state index contributed by atoms with van der Waals surface area (Å²) in [6.45, 7) is 1.62. The maximum atomic E-state index is 12.2. The summed E-state index contributed by atoms with van der Waals surface area (Å²) < 4.78 is 27.0. The average Bonchev–Trinajstić information content (AvgIpc) is 2.44. The van der Waals surface area contributed by atoms with Crippen molar-refractivity contribution >= 4 is 27.3 Å². The van der Waals surface area contributed by atoms with Gasteiger partial charge >= 0.3 is 0 Å². The molecule has 0 saturated carbocycles. The van der Waals surface area contributed by atoms with Crippen molar-refractivity contribution in [2.24, 2.45) is 0 Å². The molecule has 106 valence electrons. The summed E-state index contributed by atoms with van der Waals surface area (Å²) in [5, 5.41) is 9.45. The molecule has 4 nitrogen and oxygen atoms in total. The summed E-state index contributed by atoms with van der Waals surface area (Å²) in [5.41, 5.74) is 1.77. The number of sulfonamides is 1. The molecular weight excluding hydrogens is 298 g/mol. The number of halogens is 1. The van der Waals surface area contributed by atoms with Crippen molar-refractivity contribution < 1.29 is 13.5 Å². The van der Waals surface area contributed by atoms with E-state index in [-0.39, 0.29) is 11.5 Å². The molecule has 0 atom stereocenters. The van der Waals surface area contributed by atoms with Gasteiger partial charge in [-0.05, 0) is 42.3 Å². The lowest BCUT2D eigenvalue weighted by atomic mass is 10.2. The highest BCUT2D eigenvalue weighted by Crippen LogP contribution is 2.25. The van der Waals surface area contributed by atoms with Crippen LogP contribution < -0.4 is 4.72 Å². The van der Waals surface area contributed by atoms with Crippen molar-refractivity contribution in [1.29, 1.82) is 0 Å². The van der Waals surface area contributed by atoms with E-state index in [4.69, 9.17) is 16.7 Å². The molecule has 0 heterocycles. The molecule has 0 bridgehead atoms. The predicted octanol–water partition coefficient (Wildman–Crippen LogP) is 2.94. The minimum Gasteiger partial charge on any atom is -0.392 e. The van der Waals surface area contributed by atoms with E-state index in [0.717, 1.165) is 0 Å². The fraction of sp³-hybridized carbons (Fsp3) is 0.143. The van der Waals surface area contributed by atoms with Gasteiger partial charge in [0, 0.05) is 5.02 Å². The average molecular weight is 312 g/mol. The van der Waals surface area contributed by atoms with Crippen LogP contribution in [-0.2, 0) is 16.6 Å². The number of anilines is 1. The van der Waals surface area contributed by atoms with Crippen LogP contribution in [0.1, 0.15) is 11.1 Å². The number of nitrogens with one attached hydrogen (secondary N) is 1. The zero-order valence-corrected chi connectivity index (χ0v) is 12.4. The monoisotopic (exact) mass is 311 g/mol. The lowest BCUT2D eigenvalue weighted by Gasteiger charge is -2.11. The summed E-state index contributed by atoms with van der Waals surface area (Å²) in [6.07, 6.45) is 0. The highest BCUT2D eigenvalue weighted by molar-refractivity contribution is 7.92. The standard InChI is InChI=1S/C14H14ClNO3S/c1-10-13(15)3-2-4-14(10)16-20(18,19)12-7-5-11(9-17)6-8-12/h2-8,16-17H,9H2,1H3. The van der Waals surface area contributed by atoms with Gasteiger partial charge in [0.15, 0.2) is 0 Å². The Labute approximate surface area is 123 Å². The Morgan fingerprint density at radius 1 is 1.15 bits per heavy atom. The second-order valence-corrected chi connectivity index (χ2v) is 6.41. The third kappa shape index (κ3) is 3.12. The van der Waals surface area contributed by atoms with Crippen LogP contribution in [0.25, 0.3) is 0 Å². The van der Waals surface area contributed by atoms with E-state index >= 15 is 0 Å². The van der Waals surface area contributed by atoms with E-state index in [9.17, 15) is 8.42 Å². The van der Waals surface area contributed by atoms with Gasteiger partial charge in [-0.3, -0.25) is 4.72 Å². The number of benzene rings is 2. The first kappa shape index (κ1) is 14.8. The molecule has 2 aromatic carbocycles. The Bertz CT molecular complexity index is 712. The third-order valence-electron chi connectivity index (χ3n) is 2.93. The normalized spacial score (nSPS) is 11.3. The van der Waals surface area contributed by atoms with Crippen molar-refractivity contribution in [2.45, 2.75) is 18.4 Å². The highest BCUT2D eigenvalue weighted by atomic mass is 35.5. The van der Waals surface area contributed by atoms with E-state index in [1.165, 1.54) is 12.1 Å². The topological polar surface area (TPSA) is 66.4 Å². The minimum atomic E-state index is -3.67. The predicted molar refractivity (Wildman–Crippen MR) is 79.4 cm³/mol. The SMILES string of the molecule is Cc1c(Cl)cccc1NS(=O)(=O)c1ccc(CO)cc1. The Kier molecular flexibility index (Phi) is 4.32. The van der Waals surface area contributed by atoms with Crippen LogP contribution in [-0.4, -0.2) is 13.5 Å². The Hall–Kier alpha value is -1.56. The lowest BCUT2D eigenvalue weighted by Crippen LogP contribution is -2.13. The second kappa shape index (κ2) is 5.83. The van der Waals surface area contributed by atoms with Crippen LogP contribution >= 0.6 is 11.6 Å². The maximum Gasteiger partial charge on any atom is 0.261 e. The van der Waals surface area contributed by atoms with Crippen LogP contribution in [0.2, 0.25) is 5.02 Å². The number of hydrogen-bond donors (Lipinski definition) is 2. The van der Waals surface area contributed by atoms with Crippen LogP contribution in [0.15, 0.2) is 47.4 Å². The Morgan fingerprint density at radius 2 is 1.80 bits per heavy atom. The first-order valence-corrected chi connectivity index (χ1v) is 7.78. The largest absolute Gasteiger partial charge is 0.392 e. The minimum absolute atomic E-state index is 0.124. The molecule has 0 aromatic heterocycles. The summed E-state index contributed by atoms with van der Waals surface area (Å²) in [5.74, 6) is 0. The van der Waals surface area contributed by atoms with E-state index in [2.05, 4.69) is 4.72 Å². The molecule has 0 radical (unpaired) electrons. The molecule has 2 rings (SSSR count). The van der Waals surface area contributed by atoms with Gasteiger partial charge in [-0.15, -0.1) is 0 Å². The molecule has 0 amide bonds. The van der Waals surface area contributed by atoms with Gasteiger partial charge in [0.1, 0.15) is 0 Å². The lowest BCUT2D eigenvalue weighted by molar-refractivity contribution is 0.282. The smallest absolute Gasteiger partial charge is 0.261 e. The van der Waals surface area contributed by atoms with Crippen LogP contribution in [0.5, 0.6) is 0 Å². The number of rotatable bonds is 4. The molecule has 0 aliphatic heterocycles. The summed E-state index contributed by atoms with van der Waals surface area (Å²) in [7, 11) is -3.67. The fourth-order valence-electron chi connectivity index (χ4n) is 1.70. The quantitative estimate of drug-likeness (QED) is 0.912. The number of aliphatic hydroxyl groups excluding tert-OH is 1. The van der Waals surface area contributed by atoms with Gasteiger partial charge in [0.25, 0.3) is 10.0 Å². The molecule has 0 spiro atoms. The van der Waals surface area contributed by atoms with E-state index in [1.807, 2.05) is 0 Å². The summed E-state index contributed by atoms with van der Waals surface area (Å²) in [4.78, 5) is 0.133. The first-order valence-electron chi connectivity index (χ1n) is 5.92. The van der Waals surface area contributed by atoms with Crippen LogP contribution in [0.4, 0.5) is 5.69 Å². The van der Waals surface area contributed by atoms with Gasteiger partial charge in [-0.1, -0.05) is 29.8 Å². The van der Waals surface area contributed by atoms with Gasteiger partial charge in [0.05, 0.1) is 17.2 Å². The first-order chi connectivity index (χ1) is 9.44. The van der Waals surface area contributed by atoms with Crippen molar-refractivity contribution in [3.8, 4) is 0 Å².